The fraction of sp³-hybridized carbons (Fsp3) is 0.429. The van der Waals surface area contributed by atoms with E-state index in [0.717, 1.165) is 28.5 Å². The highest BCUT2D eigenvalue weighted by Gasteiger charge is 2.15. The Hall–Kier alpha value is -0.310. The van der Waals surface area contributed by atoms with Crippen molar-refractivity contribution in [1.82, 2.24) is 0 Å². The summed E-state index contributed by atoms with van der Waals surface area (Å²) in [7, 11) is 0. The van der Waals surface area contributed by atoms with Crippen LogP contribution >= 0.6 is 27.5 Å². The van der Waals surface area contributed by atoms with Crippen molar-refractivity contribution in [3.05, 3.63) is 44.9 Å². The molecule has 1 atom stereocenters. The molecule has 1 N–H and O–H groups in total. The molecule has 3 heteroatoms. The van der Waals surface area contributed by atoms with Gasteiger partial charge >= 0.3 is 0 Å². The number of hydrogen-bond donors (Lipinski definition) is 1. The Bertz CT molecular complexity index is 428. The fourth-order valence-electron chi connectivity index (χ4n) is 2.18. The van der Waals surface area contributed by atoms with Crippen LogP contribution in [-0.4, -0.2) is 5.11 Å². The van der Waals surface area contributed by atoms with Crippen molar-refractivity contribution in [1.29, 1.82) is 0 Å². The number of hydrogen-bond acceptors (Lipinski definition) is 1. The van der Waals surface area contributed by atoms with Gasteiger partial charge in [-0.15, -0.1) is 0 Å². The number of allylic oxidation sites excluding steroid dienone is 1. The quantitative estimate of drug-likeness (QED) is 0.759. The van der Waals surface area contributed by atoms with Gasteiger partial charge in [0.1, 0.15) is 6.10 Å². The molecule has 0 aliphatic heterocycles. The summed E-state index contributed by atoms with van der Waals surface area (Å²) in [5, 5.41) is 11.0. The van der Waals surface area contributed by atoms with E-state index in [0.29, 0.717) is 5.02 Å². The standard InChI is InChI=1S/C14H16BrClO/c15-12-9-11(7-8-13(12)16)14(17)10-5-3-1-2-4-6-10/h5,7-9,14,17H,1-4,6H2. The predicted molar refractivity (Wildman–Crippen MR) is 75.3 cm³/mol. The van der Waals surface area contributed by atoms with E-state index in [9.17, 15) is 5.11 Å². The summed E-state index contributed by atoms with van der Waals surface area (Å²) in [5.41, 5.74) is 2.06. The molecule has 92 valence electrons. The summed E-state index contributed by atoms with van der Waals surface area (Å²) < 4.78 is 0.838. The number of rotatable bonds is 2. The molecule has 0 radical (unpaired) electrons. The first-order chi connectivity index (χ1) is 8.18. The van der Waals surface area contributed by atoms with E-state index in [4.69, 9.17) is 11.6 Å². The lowest BCUT2D eigenvalue weighted by Gasteiger charge is -2.15. The van der Waals surface area contributed by atoms with Crippen LogP contribution < -0.4 is 0 Å². The minimum Gasteiger partial charge on any atom is -0.384 e. The Morgan fingerprint density at radius 2 is 2.06 bits per heavy atom. The molecule has 0 aromatic heterocycles. The van der Waals surface area contributed by atoms with Crippen molar-refractivity contribution in [2.75, 3.05) is 0 Å². The maximum absolute atomic E-state index is 10.4. The van der Waals surface area contributed by atoms with Crippen LogP contribution in [0.15, 0.2) is 34.3 Å². The Balaban J connectivity index is 2.20. The second-order valence-corrected chi connectivity index (χ2v) is 5.72. The van der Waals surface area contributed by atoms with Crippen LogP contribution in [0.2, 0.25) is 5.02 Å². The molecule has 2 rings (SSSR count). The van der Waals surface area contributed by atoms with Gasteiger partial charge in [-0.3, -0.25) is 0 Å². The van der Waals surface area contributed by atoms with E-state index in [-0.39, 0.29) is 0 Å². The number of aliphatic hydroxyl groups is 1. The lowest BCUT2D eigenvalue weighted by Crippen LogP contribution is -2.01. The van der Waals surface area contributed by atoms with Crippen molar-refractivity contribution >= 4 is 27.5 Å². The van der Waals surface area contributed by atoms with E-state index in [2.05, 4.69) is 22.0 Å². The van der Waals surface area contributed by atoms with Crippen LogP contribution in [0.25, 0.3) is 0 Å². The van der Waals surface area contributed by atoms with Crippen LogP contribution in [-0.2, 0) is 0 Å². The van der Waals surface area contributed by atoms with Gasteiger partial charge in [0.05, 0.1) is 5.02 Å². The summed E-state index contributed by atoms with van der Waals surface area (Å²) in [4.78, 5) is 0. The Labute approximate surface area is 116 Å². The normalized spacial score (nSPS) is 18.4. The summed E-state index contributed by atoms with van der Waals surface area (Å²) in [6.07, 6.45) is 7.47. The molecule has 0 spiro atoms. The first-order valence-electron chi connectivity index (χ1n) is 6.00. The third-order valence-corrected chi connectivity index (χ3v) is 4.40. The molecule has 0 heterocycles. The third kappa shape index (κ3) is 3.34. The van der Waals surface area contributed by atoms with Crippen molar-refractivity contribution < 1.29 is 5.11 Å². The van der Waals surface area contributed by atoms with Gasteiger partial charge in [-0.25, -0.2) is 0 Å². The van der Waals surface area contributed by atoms with Crippen molar-refractivity contribution in [2.45, 2.75) is 38.2 Å². The number of benzene rings is 1. The molecular formula is C14H16BrClO. The van der Waals surface area contributed by atoms with Crippen molar-refractivity contribution in [2.24, 2.45) is 0 Å². The van der Waals surface area contributed by atoms with Gasteiger partial charge in [0.25, 0.3) is 0 Å². The van der Waals surface area contributed by atoms with Gasteiger partial charge in [-0.1, -0.05) is 30.2 Å². The SMILES string of the molecule is OC(C1=CCCCCC1)c1ccc(Cl)c(Br)c1. The van der Waals surface area contributed by atoms with E-state index in [1.807, 2.05) is 18.2 Å². The lowest BCUT2D eigenvalue weighted by molar-refractivity contribution is 0.210. The average molecular weight is 316 g/mol. The zero-order chi connectivity index (χ0) is 12.3. The second-order valence-electron chi connectivity index (χ2n) is 4.45. The molecule has 0 fully saturated rings. The average Bonchev–Trinajstić information content (AvgIpc) is 2.60. The fourth-order valence-corrected chi connectivity index (χ4v) is 2.70. The molecule has 0 saturated heterocycles. The molecule has 1 aliphatic rings. The largest absolute Gasteiger partial charge is 0.384 e. The predicted octanol–water partition coefficient (Wildman–Crippen LogP) is 5.03. The summed E-state index contributed by atoms with van der Waals surface area (Å²) >= 11 is 9.35. The first kappa shape index (κ1) is 13.1. The highest BCUT2D eigenvalue weighted by molar-refractivity contribution is 9.10. The molecule has 0 bridgehead atoms. The highest BCUT2D eigenvalue weighted by atomic mass is 79.9. The molecule has 1 unspecified atom stereocenters. The number of aliphatic hydroxyl groups excluding tert-OH is 1. The van der Waals surface area contributed by atoms with Crippen molar-refractivity contribution in [3.8, 4) is 0 Å². The zero-order valence-corrected chi connectivity index (χ0v) is 12.0. The van der Waals surface area contributed by atoms with Crippen LogP contribution in [0, 0.1) is 0 Å². The summed E-state index contributed by atoms with van der Waals surface area (Å²) in [5.74, 6) is 0. The molecule has 17 heavy (non-hydrogen) atoms. The molecule has 1 aromatic carbocycles. The van der Waals surface area contributed by atoms with Gasteiger partial charge in [-0.05, 0) is 64.9 Å². The summed E-state index contributed by atoms with van der Waals surface area (Å²) in [6.45, 7) is 0. The van der Waals surface area contributed by atoms with Gasteiger partial charge in [0, 0.05) is 4.47 Å². The van der Waals surface area contributed by atoms with E-state index < -0.39 is 6.10 Å². The first-order valence-corrected chi connectivity index (χ1v) is 7.17. The molecular weight excluding hydrogens is 300 g/mol. The maximum Gasteiger partial charge on any atom is 0.100 e. The topological polar surface area (TPSA) is 20.2 Å². The molecule has 1 aliphatic carbocycles. The highest BCUT2D eigenvalue weighted by Crippen LogP contribution is 2.32. The molecule has 1 aromatic rings. The van der Waals surface area contributed by atoms with Crippen molar-refractivity contribution in [3.63, 3.8) is 0 Å². The van der Waals surface area contributed by atoms with Gasteiger partial charge in [0.2, 0.25) is 0 Å². The Kier molecular flexibility index (Phi) is 4.66. The monoisotopic (exact) mass is 314 g/mol. The molecule has 0 amide bonds. The zero-order valence-electron chi connectivity index (χ0n) is 9.63. The van der Waals surface area contributed by atoms with Gasteiger partial charge < -0.3 is 5.11 Å². The smallest absolute Gasteiger partial charge is 0.100 e. The van der Waals surface area contributed by atoms with E-state index >= 15 is 0 Å². The van der Waals surface area contributed by atoms with Crippen LogP contribution in [0.5, 0.6) is 0 Å². The minimum atomic E-state index is -0.485. The second kappa shape index (κ2) is 6.03. The van der Waals surface area contributed by atoms with Gasteiger partial charge in [0.15, 0.2) is 0 Å². The van der Waals surface area contributed by atoms with Crippen LogP contribution in [0.3, 0.4) is 0 Å². The Morgan fingerprint density at radius 3 is 2.82 bits per heavy atom. The Morgan fingerprint density at radius 1 is 1.24 bits per heavy atom. The maximum atomic E-state index is 10.4. The van der Waals surface area contributed by atoms with Crippen LogP contribution in [0.1, 0.15) is 43.8 Å². The van der Waals surface area contributed by atoms with Crippen LogP contribution in [0.4, 0.5) is 0 Å². The number of halogens is 2. The molecule has 0 saturated carbocycles. The van der Waals surface area contributed by atoms with E-state index in [1.165, 1.54) is 19.3 Å². The van der Waals surface area contributed by atoms with Gasteiger partial charge in [-0.2, -0.15) is 0 Å². The summed E-state index contributed by atoms with van der Waals surface area (Å²) in [6, 6.07) is 5.61. The molecule has 1 nitrogen and oxygen atoms in total. The minimum absolute atomic E-state index is 0.485. The van der Waals surface area contributed by atoms with E-state index in [1.54, 1.807) is 0 Å². The third-order valence-electron chi connectivity index (χ3n) is 3.19. The lowest BCUT2D eigenvalue weighted by atomic mass is 9.98.